The summed E-state index contributed by atoms with van der Waals surface area (Å²) in [5.41, 5.74) is 1.31. The van der Waals surface area contributed by atoms with Crippen molar-refractivity contribution in [2.45, 2.75) is 24.3 Å². The van der Waals surface area contributed by atoms with E-state index in [9.17, 15) is 13.2 Å². The number of benzene rings is 2. The molecule has 2 aliphatic rings. The smallest absolute Gasteiger partial charge is 0.317 e. The van der Waals surface area contributed by atoms with Crippen LogP contribution in [0.3, 0.4) is 0 Å². The van der Waals surface area contributed by atoms with Crippen molar-refractivity contribution >= 4 is 27.7 Å². The number of urea groups is 1. The van der Waals surface area contributed by atoms with Crippen LogP contribution in [0.5, 0.6) is 0 Å². The minimum absolute atomic E-state index is 0.113. The van der Waals surface area contributed by atoms with Gasteiger partial charge in [-0.25, -0.2) is 13.2 Å². The normalized spacial score (nSPS) is 20.5. The van der Waals surface area contributed by atoms with Crippen molar-refractivity contribution in [1.29, 1.82) is 0 Å². The summed E-state index contributed by atoms with van der Waals surface area (Å²) in [6.45, 7) is 4.88. The molecule has 7 nitrogen and oxygen atoms in total. The van der Waals surface area contributed by atoms with Gasteiger partial charge in [-0.2, -0.15) is 4.31 Å². The number of halogens is 1. The first kappa shape index (κ1) is 24.0. The molecule has 4 rings (SSSR count). The summed E-state index contributed by atoms with van der Waals surface area (Å²) < 4.78 is 27.2. The fourth-order valence-electron chi connectivity index (χ4n) is 4.57. The highest BCUT2D eigenvalue weighted by molar-refractivity contribution is 7.89. The van der Waals surface area contributed by atoms with E-state index >= 15 is 0 Å². The summed E-state index contributed by atoms with van der Waals surface area (Å²) in [7, 11) is -3.67. The Bertz CT molecular complexity index is 1040. The molecule has 33 heavy (non-hydrogen) atoms. The third kappa shape index (κ3) is 6.06. The number of nitrogens with zero attached hydrogens (tertiary/aromatic N) is 3. The van der Waals surface area contributed by atoms with Crippen LogP contribution in [0.2, 0.25) is 5.02 Å². The van der Waals surface area contributed by atoms with Crippen molar-refractivity contribution < 1.29 is 13.2 Å². The van der Waals surface area contributed by atoms with E-state index in [1.165, 1.54) is 15.9 Å². The molecule has 2 aliphatic heterocycles. The molecule has 1 atom stereocenters. The Balaban J connectivity index is 1.24. The van der Waals surface area contributed by atoms with Gasteiger partial charge in [-0.05, 0) is 43.0 Å². The predicted octanol–water partition coefficient (Wildman–Crippen LogP) is 3.27. The lowest BCUT2D eigenvalue weighted by Crippen LogP contribution is -2.54. The van der Waals surface area contributed by atoms with Gasteiger partial charge in [0.25, 0.3) is 0 Å². The van der Waals surface area contributed by atoms with Crippen molar-refractivity contribution in [3.63, 3.8) is 0 Å². The summed E-state index contributed by atoms with van der Waals surface area (Å²) in [6, 6.07) is 16.8. The fourth-order valence-corrected chi connectivity index (χ4v) is 6.49. The van der Waals surface area contributed by atoms with Crippen molar-refractivity contribution in [2.24, 2.45) is 5.92 Å². The summed E-state index contributed by atoms with van der Waals surface area (Å²) in [5, 5.41) is 3.29. The van der Waals surface area contributed by atoms with E-state index in [-0.39, 0.29) is 29.0 Å². The molecule has 0 aromatic heterocycles. The molecule has 1 unspecified atom stereocenters. The summed E-state index contributed by atoms with van der Waals surface area (Å²) in [6.07, 6.45) is 2.24. The molecule has 0 saturated carbocycles. The zero-order valence-electron chi connectivity index (χ0n) is 18.7. The van der Waals surface area contributed by atoms with Gasteiger partial charge in [-0.3, -0.25) is 4.90 Å². The number of hydrogen-bond acceptors (Lipinski definition) is 4. The van der Waals surface area contributed by atoms with Crippen molar-refractivity contribution in [2.75, 3.05) is 45.8 Å². The predicted molar refractivity (Wildman–Crippen MR) is 130 cm³/mol. The van der Waals surface area contributed by atoms with Crippen LogP contribution >= 0.6 is 11.6 Å². The van der Waals surface area contributed by atoms with E-state index in [0.29, 0.717) is 25.6 Å². The van der Waals surface area contributed by atoms with E-state index in [1.54, 1.807) is 23.1 Å². The van der Waals surface area contributed by atoms with Gasteiger partial charge in [0.2, 0.25) is 10.0 Å². The van der Waals surface area contributed by atoms with E-state index in [0.717, 1.165) is 32.5 Å². The standard InChI is InChI=1S/C24H31ClN4O3S/c25-22-10-4-5-11-23(22)33(31,32)29-15-13-28(14-16-29)24(30)26-17-21-9-6-12-27(19-21)18-20-7-2-1-3-8-20/h1-5,7-8,10-11,21H,6,9,12-19H2,(H,26,30). The first-order valence-corrected chi connectivity index (χ1v) is 13.3. The lowest BCUT2D eigenvalue weighted by Gasteiger charge is -2.35. The molecular formula is C24H31ClN4O3S. The maximum Gasteiger partial charge on any atom is 0.317 e. The van der Waals surface area contributed by atoms with Gasteiger partial charge in [0, 0.05) is 45.8 Å². The number of likely N-dealkylation sites (tertiary alicyclic amines) is 1. The van der Waals surface area contributed by atoms with Gasteiger partial charge in [-0.1, -0.05) is 54.1 Å². The Hall–Kier alpha value is -2.13. The zero-order chi connectivity index (χ0) is 23.3. The number of hydrogen-bond donors (Lipinski definition) is 1. The molecule has 2 fully saturated rings. The maximum atomic E-state index is 12.9. The molecule has 2 saturated heterocycles. The molecule has 0 spiro atoms. The van der Waals surface area contributed by atoms with Crippen LogP contribution in [-0.2, 0) is 16.6 Å². The highest BCUT2D eigenvalue weighted by Gasteiger charge is 2.31. The maximum absolute atomic E-state index is 12.9. The number of rotatable bonds is 6. The van der Waals surface area contributed by atoms with Crippen molar-refractivity contribution in [3.8, 4) is 0 Å². The molecule has 0 aliphatic carbocycles. The lowest BCUT2D eigenvalue weighted by atomic mass is 9.97. The molecule has 2 aromatic carbocycles. The molecule has 1 N–H and O–H groups in total. The Morgan fingerprint density at radius 2 is 1.67 bits per heavy atom. The molecule has 178 valence electrons. The highest BCUT2D eigenvalue weighted by Crippen LogP contribution is 2.25. The van der Waals surface area contributed by atoms with Crippen LogP contribution in [0.4, 0.5) is 4.79 Å². The quantitative estimate of drug-likeness (QED) is 0.674. The van der Waals surface area contributed by atoms with Crippen LogP contribution in [0.15, 0.2) is 59.5 Å². The molecule has 2 amide bonds. The Morgan fingerprint density at radius 3 is 2.39 bits per heavy atom. The Kier molecular flexibility index (Phi) is 7.90. The minimum atomic E-state index is -3.67. The second-order valence-corrected chi connectivity index (χ2v) is 11.1. The van der Waals surface area contributed by atoms with Crippen LogP contribution in [0, 0.1) is 5.92 Å². The minimum Gasteiger partial charge on any atom is -0.338 e. The van der Waals surface area contributed by atoms with E-state index in [4.69, 9.17) is 11.6 Å². The number of piperazine rings is 1. The van der Waals surface area contributed by atoms with Crippen LogP contribution in [0.1, 0.15) is 18.4 Å². The van der Waals surface area contributed by atoms with Crippen LogP contribution < -0.4 is 5.32 Å². The third-order valence-corrected chi connectivity index (χ3v) is 8.77. The SMILES string of the molecule is O=C(NCC1CCCN(Cc2ccccc2)C1)N1CCN(S(=O)(=O)c2ccccc2Cl)CC1. The van der Waals surface area contributed by atoms with Gasteiger partial charge in [-0.15, -0.1) is 0 Å². The van der Waals surface area contributed by atoms with Crippen molar-refractivity contribution in [3.05, 3.63) is 65.2 Å². The third-order valence-electron chi connectivity index (χ3n) is 6.37. The van der Waals surface area contributed by atoms with Crippen molar-refractivity contribution in [1.82, 2.24) is 19.4 Å². The average Bonchev–Trinajstić information content (AvgIpc) is 2.84. The molecule has 9 heteroatoms. The van der Waals surface area contributed by atoms with Gasteiger partial charge in [0.05, 0.1) is 5.02 Å². The van der Waals surface area contributed by atoms with Crippen LogP contribution in [0.25, 0.3) is 0 Å². The summed E-state index contributed by atoms with van der Waals surface area (Å²) in [5.74, 6) is 0.424. The van der Waals surface area contributed by atoms with E-state index in [1.807, 2.05) is 6.07 Å². The van der Waals surface area contributed by atoms with E-state index < -0.39 is 10.0 Å². The number of sulfonamides is 1. The molecule has 0 radical (unpaired) electrons. The summed E-state index contributed by atoms with van der Waals surface area (Å²) >= 11 is 6.09. The first-order valence-electron chi connectivity index (χ1n) is 11.5. The topological polar surface area (TPSA) is 73.0 Å². The molecule has 0 bridgehead atoms. The second kappa shape index (κ2) is 10.9. The Morgan fingerprint density at radius 1 is 0.970 bits per heavy atom. The molecular weight excluding hydrogens is 460 g/mol. The van der Waals surface area contributed by atoms with Gasteiger partial charge < -0.3 is 10.2 Å². The summed E-state index contributed by atoms with van der Waals surface area (Å²) in [4.78, 5) is 17.0. The monoisotopic (exact) mass is 490 g/mol. The van der Waals surface area contributed by atoms with Gasteiger partial charge in [0.15, 0.2) is 0 Å². The van der Waals surface area contributed by atoms with Crippen LogP contribution in [-0.4, -0.2) is 74.4 Å². The van der Waals surface area contributed by atoms with E-state index in [2.05, 4.69) is 34.5 Å². The van der Waals surface area contributed by atoms with Gasteiger partial charge >= 0.3 is 6.03 Å². The number of amides is 2. The average molecular weight is 491 g/mol. The highest BCUT2D eigenvalue weighted by atomic mass is 35.5. The Labute approximate surface area is 201 Å². The number of carbonyl (C=O) groups is 1. The lowest BCUT2D eigenvalue weighted by molar-refractivity contribution is 0.152. The number of carbonyl (C=O) groups excluding carboxylic acids is 1. The first-order chi connectivity index (χ1) is 15.9. The fraction of sp³-hybridized carbons (Fsp3) is 0.458. The van der Waals surface area contributed by atoms with Gasteiger partial charge in [0.1, 0.15) is 4.90 Å². The zero-order valence-corrected chi connectivity index (χ0v) is 20.3. The molecule has 2 aromatic rings. The second-order valence-electron chi connectivity index (χ2n) is 8.74. The largest absolute Gasteiger partial charge is 0.338 e. The number of piperidine rings is 1. The number of nitrogens with one attached hydrogen (secondary N) is 1. The molecule has 2 heterocycles.